The molecule has 2 N–H and O–H groups in total. The van der Waals surface area contributed by atoms with E-state index in [2.05, 4.69) is 0 Å². The zero-order valence-electron chi connectivity index (χ0n) is 45.3. The minimum Gasteiger partial charge on any atom is -0.855 e. The molecule has 418 valence electrons. The van der Waals surface area contributed by atoms with Crippen LogP contribution in [0.4, 0.5) is 0 Å². The molecule has 0 aliphatic heterocycles. The van der Waals surface area contributed by atoms with E-state index in [0.717, 1.165) is 86.2 Å². The Hall–Kier alpha value is -8.31. The van der Waals surface area contributed by atoms with Crippen LogP contribution in [0, 0.1) is 0 Å². The average Bonchev–Trinajstić information content (AvgIpc) is 3.65. The number of aliphatic hydroxyl groups is 2. The maximum atomic E-state index is 11.3. The number of hydrogen-bond donors (Lipinski definition) is 2. The van der Waals surface area contributed by atoms with E-state index >= 15 is 0 Å². The first-order valence-electron chi connectivity index (χ1n) is 25.6. The van der Waals surface area contributed by atoms with Gasteiger partial charge in [0.25, 0.3) is 0 Å². The third-order valence-electron chi connectivity index (χ3n) is 11.9. The summed E-state index contributed by atoms with van der Waals surface area (Å²) < 4.78 is 0. The fourth-order valence-corrected chi connectivity index (χ4v) is 8.93. The van der Waals surface area contributed by atoms with Gasteiger partial charge in [-0.3, -0.25) is 0 Å². The molecule has 82 heavy (non-hydrogen) atoms. The number of aliphatic hydroxyl groups excluding tert-OH is 2. The van der Waals surface area contributed by atoms with E-state index in [9.17, 15) is 39.6 Å². The second-order valence-electron chi connectivity index (χ2n) is 17.1. The summed E-state index contributed by atoms with van der Waals surface area (Å²) in [5.41, 5.74) is 1.11. The third-order valence-corrected chi connectivity index (χ3v) is 11.9. The normalized spacial score (nSPS) is 9.85. The number of fused-ring (bicyclic) bond motifs is 8. The molecule has 0 aliphatic carbocycles. The molecule has 2 radical (unpaired) electrons. The van der Waals surface area contributed by atoms with Crippen LogP contribution in [-0.4, -0.2) is 60.5 Å². The van der Waals surface area contributed by atoms with Gasteiger partial charge in [-0.2, -0.15) is 0 Å². The van der Waals surface area contributed by atoms with Crippen LogP contribution in [0.2, 0.25) is 0 Å². The molecule has 0 aromatic heterocycles. The minimum absolute atomic E-state index is 0. The Morgan fingerprint density at radius 2 is 0.378 bits per heavy atom. The van der Waals surface area contributed by atoms with Crippen molar-refractivity contribution in [1.82, 2.24) is 0 Å². The predicted octanol–water partition coefficient (Wildman–Crippen LogP) is 8.15. The molecule has 0 heterocycles. The van der Waals surface area contributed by atoms with Crippen LogP contribution in [0.5, 0.6) is 0 Å². The van der Waals surface area contributed by atoms with Crippen molar-refractivity contribution in [3.63, 3.8) is 0 Å². The van der Waals surface area contributed by atoms with E-state index in [-0.39, 0.29) is 87.6 Å². The first-order valence-corrected chi connectivity index (χ1v) is 25.6. The maximum Gasteiger partial charge on any atom is 3.00 e. The second kappa shape index (κ2) is 34.7. The van der Waals surface area contributed by atoms with Crippen LogP contribution in [0.25, 0.3) is 86.2 Å². The van der Waals surface area contributed by atoms with Crippen LogP contribution in [0.3, 0.4) is 0 Å². The minimum atomic E-state index is -1.13. The summed E-state index contributed by atoms with van der Waals surface area (Å²) in [6, 6.07) is 67.7. The standard InChI is InChI=1S/4C15H10O2.2C2H6O.2C2H5O.2Ru/c4*16-15(17)14-12-7-3-1-5-10(12)9-11-6-2-4-8-13(11)14;4*1-2-3;;/h4*1-9H,(H,16,17);2*3H,2H2,1H3;2*2H2,1H3;;/q;;;;;;2*-1;2*+3/p-4. The first kappa shape index (κ1) is 68.0. The van der Waals surface area contributed by atoms with Crippen LogP contribution in [0.15, 0.2) is 218 Å². The van der Waals surface area contributed by atoms with Gasteiger partial charge in [0.15, 0.2) is 0 Å². The molecule has 12 aromatic rings. The molecule has 12 nitrogen and oxygen atoms in total. The predicted molar refractivity (Wildman–Crippen MR) is 310 cm³/mol. The van der Waals surface area contributed by atoms with Crippen LogP contribution >= 0.6 is 0 Å². The van der Waals surface area contributed by atoms with E-state index in [0.29, 0.717) is 0 Å². The zero-order valence-corrected chi connectivity index (χ0v) is 48.8. The van der Waals surface area contributed by atoms with Crippen molar-refractivity contribution in [3.8, 4) is 0 Å². The Bertz CT molecular complexity index is 3310. The number of benzene rings is 12. The number of carboxylic acids is 4. The molecular weight excluding hydrogens is 1210 g/mol. The molecule has 0 saturated carbocycles. The van der Waals surface area contributed by atoms with Crippen LogP contribution < -0.4 is 30.6 Å². The number of carboxylic acid groups (broad SMARTS) is 4. The summed E-state index contributed by atoms with van der Waals surface area (Å²) in [5, 5.41) is 91.5. The topological polar surface area (TPSA) is 247 Å². The summed E-state index contributed by atoms with van der Waals surface area (Å²) in [5.74, 6) is -4.51. The van der Waals surface area contributed by atoms with Crippen molar-refractivity contribution in [2.45, 2.75) is 27.7 Å². The van der Waals surface area contributed by atoms with Crippen molar-refractivity contribution in [2.24, 2.45) is 0 Å². The molecule has 12 rings (SSSR count). The van der Waals surface area contributed by atoms with Crippen molar-refractivity contribution < 1.29 is 99.0 Å². The molecule has 0 bridgehead atoms. The SMILES string of the molecule is CCO.CCO.CC[O-].CC[O-].O=C([O-])c1c2ccccc2cc2ccccc12.O=C([O-])c1c2ccccc2cc2ccccc12.O=C([O-])c1c2ccccc2cc2ccccc12.O=C([O-])c1c2ccccc2cc2ccccc12.[Ru+3].[Ru+3]. The fourth-order valence-electron chi connectivity index (χ4n) is 8.93. The molecule has 0 amide bonds. The van der Waals surface area contributed by atoms with Gasteiger partial charge in [-0.25, -0.2) is 0 Å². The van der Waals surface area contributed by atoms with Gasteiger partial charge < -0.3 is 60.0 Å². The summed E-state index contributed by atoms with van der Waals surface area (Å²) in [7, 11) is 0. The Labute approximate surface area is 500 Å². The Balaban J connectivity index is 0.000000267. The molecule has 0 aliphatic rings. The van der Waals surface area contributed by atoms with Crippen molar-refractivity contribution in [2.75, 3.05) is 26.4 Å². The van der Waals surface area contributed by atoms with Crippen molar-refractivity contribution in [1.29, 1.82) is 0 Å². The number of carbonyl (C=O) groups excluding carboxylic acids is 4. The molecule has 0 fully saturated rings. The fraction of sp³-hybridized carbons (Fsp3) is 0.118. The zero-order chi connectivity index (χ0) is 58.1. The molecule has 0 saturated heterocycles. The van der Waals surface area contributed by atoms with Crippen LogP contribution in [0.1, 0.15) is 69.1 Å². The van der Waals surface area contributed by atoms with E-state index in [1.54, 1.807) is 27.7 Å². The number of carbonyl (C=O) groups is 4. The molecule has 0 unspecified atom stereocenters. The van der Waals surface area contributed by atoms with E-state index in [4.69, 9.17) is 20.4 Å². The largest absolute Gasteiger partial charge is 3.00 e. The van der Waals surface area contributed by atoms with Gasteiger partial charge in [0, 0.05) is 35.5 Å². The number of aromatic carboxylic acids is 4. The van der Waals surface area contributed by atoms with E-state index < -0.39 is 23.9 Å². The van der Waals surface area contributed by atoms with Gasteiger partial charge in [-0.15, -0.1) is 13.2 Å². The Morgan fingerprint density at radius 1 is 0.280 bits per heavy atom. The van der Waals surface area contributed by atoms with Gasteiger partial charge in [-0.1, -0.05) is 208 Å². The van der Waals surface area contributed by atoms with Crippen molar-refractivity contribution >= 4 is 110 Å². The quantitative estimate of drug-likeness (QED) is 0.125. The second-order valence-corrected chi connectivity index (χ2v) is 17.1. The van der Waals surface area contributed by atoms with Gasteiger partial charge in [0.05, 0.1) is 23.9 Å². The maximum absolute atomic E-state index is 11.3. The Kier molecular flexibility index (Phi) is 28.8. The van der Waals surface area contributed by atoms with Gasteiger partial charge in [0.1, 0.15) is 0 Å². The molecule has 14 heteroatoms. The summed E-state index contributed by atoms with van der Waals surface area (Å²) in [6.07, 6.45) is 0. The van der Waals surface area contributed by atoms with Crippen LogP contribution in [-0.2, 0) is 39.0 Å². The average molecular weight is 1270 g/mol. The van der Waals surface area contributed by atoms with Gasteiger partial charge in [-0.05, 0) is 124 Å². The van der Waals surface area contributed by atoms with Crippen molar-refractivity contribution in [3.05, 3.63) is 241 Å². The summed E-state index contributed by atoms with van der Waals surface area (Å²) >= 11 is 0. The van der Waals surface area contributed by atoms with E-state index in [1.165, 1.54) is 0 Å². The number of hydrogen-bond acceptors (Lipinski definition) is 12. The number of rotatable bonds is 4. The summed E-state index contributed by atoms with van der Waals surface area (Å²) in [6.45, 7) is 7.00. The smallest absolute Gasteiger partial charge is 0.855 e. The first-order chi connectivity index (χ1) is 38.7. The molecular formula is C68H58O12Ru2. The summed E-state index contributed by atoms with van der Waals surface area (Å²) in [4.78, 5) is 45.3. The monoisotopic (exact) mass is 1270 g/mol. The Morgan fingerprint density at radius 3 is 0.476 bits per heavy atom. The van der Waals surface area contributed by atoms with E-state index in [1.807, 2.05) is 218 Å². The van der Waals surface area contributed by atoms with Gasteiger partial charge in [0.2, 0.25) is 0 Å². The molecule has 0 atom stereocenters. The molecule has 0 spiro atoms. The molecule has 12 aromatic carbocycles. The van der Waals surface area contributed by atoms with Gasteiger partial charge >= 0.3 is 39.0 Å². The third kappa shape index (κ3) is 17.3.